The van der Waals surface area contributed by atoms with Gasteiger partial charge in [0.05, 0.1) is 0 Å². The molecule has 0 N–H and O–H groups in total. The number of rotatable bonds is 5. The van der Waals surface area contributed by atoms with E-state index in [1.165, 1.54) is 0 Å². The zero-order valence-electron chi connectivity index (χ0n) is 8.76. The lowest BCUT2D eigenvalue weighted by Crippen LogP contribution is -2.41. The molecule has 0 amide bonds. The molecule has 0 rings (SSSR count). The largest absolute Gasteiger partial charge is 0.461 e. The molecule has 0 saturated heterocycles. The van der Waals surface area contributed by atoms with E-state index >= 15 is 0 Å². The Balaban J connectivity index is 4.47. The van der Waals surface area contributed by atoms with Crippen molar-refractivity contribution >= 4 is 6.47 Å². The van der Waals surface area contributed by atoms with Gasteiger partial charge in [0.25, 0.3) is 6.47 Å². The van der Waals surface area contributed by atoms with Gasteiger partial charge < -0.3 is 4.74 Å². The minimum atomic E-state index is -0.309. The second-order valence-electron chi connectivity index (χ2n) is 3.86. The lowest BCUT2D eigenvalue weighted by molar-refractivity contribution is -0.153. The molecule has 72 valence electrons. The van der Waals surface area contributed by atoms with Crippen LogP contribution in [-0.4, -0.2) is 12.1 Å². The van der Waals surface area contributed by atoms with E-state index in [9.17, 15) is 4.79 Å². The van der Waals surface area contributed by atoms with Crippen molar-refractivity contribution in [2.45, 2.75) is 46.6 Å². The van der Waals surface area contributed by atoms with Crippen molar-refractivity contribution in [1.82, 2.24) is 0 Å². The topological polar surface area (TPSA) is 26.3 Å². The molecule has 0 aliphatic carbocycles. The van der Waals surface area contributed by atoms with Crippen LogP contribution in [0, 0.1) is 11.8 Å². The molecule has 0 aromatic rings. The fraction of sp³-hybridized carbons (Fsp3) is 0.900. The summed E-state index contributed by atoms with van der Waals surface area (Å²) in [6.07, 6.45) is 1.03. The van der Waals surface area contributed by atoms with Crippen LogP contribution in [0.25, 0.3) is 0 Å². The van der Waals surface area contributed by atoms with Crippen molar-refractivity contribution in [2.75, 3.05) is 0 Å². The summed E-state index contributed by atoms with van der Waals surface area (Å²) in [5, 5.41) is 0. The number of carbonyl (C=O) groups is 1. The van der Waals surface area contributed by atoms with Gasteiger partial charge in [0, 0.05) is 0 Å². The van der Waals surface area contributed by atoms with Gasteiger partial charge >= 0.3 is 0 Å². The zero-order chi connectivity index (χ0) is 9.78. The fourth-order valence-electron chi connectivity index (χ4n) is 1.33. The predicted octanol–water partition coefficient (Wildman–Crippen LogP) is 2.62. The molecule has 0 heterocycles. The highest BCUT2D eigenvalue weighted by atomic mass is 16.5. The summed E-state index contributed by atoms with van der Waals surface area (Å²) in [6.45, 7) is 10.9. The Morgan fingerprint density at radius 3 is 2.17 bits per heavy atom. The zero-order valence-corrected chi connectivity index (χ0v) is 8.76. The Morgan fingerprint density at radius 2 is 1.92 bits per heavy atom. The van der Waals surface area contributed by atoms with Crippen LogP contribution >= 0.6 is 0 Å². The molecule has 0 bridgehead atoms. The van der Waals surface area contributed by atoms with Gasteiger partial charge in [-0.15, -0.1) is 0 Å². The quantitative estimate of drug-likeness (QED) is 0.596. The third-order valence-electron chi connectivity index (χ3n) is 3.04. The van der Waals surface area contributed by atoms with Crippen LogP contribution in [0.4, 0.5) is 0 Å². The summed E-state index contributed by atoms with van der Waals surface area (Å²) >= 11 is 0. The Kier molecular flexibility index (Phi) is 4.29. The first-order valence-electron chi connectivity index (χ1n) is 4.60. The summed E-state index contributed by atoms with van der Waals surface area (Å²) in [5.74, 6) is 0.764. The van der Waals surface area contributed by atoms with Crippen LogP contribution in [0.5, 0.6) is 0 Å². The predicted molar refractivity (Wildman–Crippen MR) is 49.8 cm³/mol. The standard InChI is InChI=1S/C10H20O2/c1-6-9(4)10(5,8(2)3)12-7-11/h7-9H,6H2,1-5H3. The molecule has 0 aromatic heterocycles. The molecule has 2 atom stereocenters. The van der Waals surface area contributed by atoms with Crippen molar-refractivity contribution in [3.05, 3.63) is 0 Å². The molecule has 0 aromatic carbocycles. The second-order valence-corrected chi connectivity index (χ2v) is 3.86. The first kappa shape index (κ1) is 11.5. The van der Waals surface area contributed by atoms with E-state index in [4.69, 9.17) is 4.74 Å². The number of hydrogen-bond donors (Lipinski definition) is 0. The van der Waals surface area contributed by atoms with E-state index in [2.05, 4.69) is 27.7 Å². The van der Waals surface area contributed by atoms with Crippen molar-refractivity contribution in [2.24, 2.45) is 11.8 Å². The number of hydrogen-bond acceptors (Lipinski definition) is 2. The van der Waals surface area contributed by atoms with Gasteiger partial charge in [-0.2, -0.15) is 0 Å². The summed E-state index contributed by atoms with van der Waals surface area (Å²) < 4.78 is 5.16. The average molecular weight is 172 g/mol. The van der Waals surface area contributed by atoms with E-state index in [1.807, 2.05) is 6.92 Å². The first-order valence-corrected chi connectivity index (χ1v) is 4.60. The van der Waals surface area contributed by atoms with Crippen LogP contribution in [-0.2, 0) is 9.53 Å². The van der Waals surface area contributed by atoms with Crippen LogP contribution in [0.3, 0.4) is 0 Å². The minimum absolute atomic E-state index is 0.309. The molecule has 0 fully saturated rings. The van der Waals surface area contributed by atoms with E-state index < -0.39 is 0 Å². The van der Waals surface area contributed by atoms with Crippen molar-refractivity contribution < 1.29 is 9.53 Å². The highest BCUT2D eigenvalue weighted by molar-refractivity contribution is 5.38. The summed E-state index contributed by atoms with van der Waals surface area (Å²) in [4.78, 5) is 10.3. The second kappa shape index (κ2) is 4.48. The summed E-state index contributed by atoms with van der Waals surface area (Å²) in [6, 6.07) is 0. The molecule has 0 radical (unpaired) electrons. The average Bonchev–Trinajstić information content (AvgIpc) is 2.03. The molecule has 2 nitrogen and oxygen atoms in total. The smallest absolute Gasteiger partial charge is 0.293 e. The molecule has 0 aliphatic rings. The SMILES string of the molecule is CCC(C)C(C)(OC=O)C(C)C. The molecule has 0 spiro atoms. The van der Waals surface area contributed by atoms with Crippen LogP contribution in [0.1, 0.15) is 41.0 Å². The lowest BCUT2D eigenvalue weighted by atomic mass is 9.79. The van der Waals surface area contributed by atoms with Crippen molar-refractivity contribution in [1.29, 1.82) is 0 Å². The van der Waals surface area contributed by atoms with E-state index in [1.54, 1.807) is 0 Å². The minimum Gasteiger partial charge on any atom is -0.461 e. The maximum atomic E-state index is 10.3. The molecular weight excluding hydrogens is 152 g/mol. The third kappa shape index (κ3) is 2.23. The van der Waals surface area contributed by atoms with Crippen molar-refractivity contribution in [3.8, 4) is 0 Å². The number of ether oxygens (including phenoxy) is 1. The van der Waals surface area contributed by atoms with Gasteiger partial charge in [-0.25, -0.2) is 0 Å². The van der Waals surface area contributed by atoms with Crippen LogP contribution in [0.2, 0.25) is 0 Å². The summed E-state index contributed by atoms with van der Waals surface area (Å²) in [7, 11) is 0. The van der Waals surface area contributed by atoms with Gasteiger partial charge in [0.1, 0.15) is 5.60 Å². The fourth-order valence-corrected chi connectivity index (χ4v) is 1.33. The molecule has 2 heteroatoms. The lowest BCUT2D eigenvalue weighted by Gasteiger charge is -2.37. The Morgan fingerprint density at radius 1 is 1.42 bits per heavy atom. The molecule has 0 aliphatic heterocycles. The normalized spacial score (nSPS) is 18.5. The first-order chi connectivity index (χ1) is 5.49. The van der Waals surface area contributed by atoms with Gasteiger partial charge in [-0.05, 0) is 25.2 Å². The van der Waals surface area contributed by atoms with E-state index in [0.29, 0.717) is 18.3 Å². The maximum Gasteiger partial charge on any atom is 0.293 e. The molecular formula is C10H20O2. The molecule has 2 unspecified atom stereocenters. The van der Waals surface area contributed by atoms with Crippen LogP contribution in [0.15, 0.2) is 0 Å². The van der Waals surface area contributed by atoms with E-state index in [0.717, 1.165) is 6.42 Å². The van der Waals surface area contributed by atoms with Gasteiger partial charge in [0.15, 0.2) is 0 Å². The summed E-state index contributed by atoms with van der Waals surface area (Å²) in [5.41, 5.74) is -0.309. The Bertz CT molecular complexity index is 143. The van der Waals surface area contributed by atoms with Gasteiger partial charge in [0.2, 0.25) is 0 Å². The molecule has 0 saturated carbocycles. The van der Waals surface area contributed by atoms with Crippen molar-refractivity contribution in [3.63, 3.8) is 0 Å². The van der Waals surface area contributed by atoms with Gasteiger partial charge in [-0.1, -0.05) is 27.7 Å². The van der Waals surface area contributed by atoms with Gasteiger partial charge in [-0.3, -0.25) is 4.79 Å². The van der Waals surface area contributed by atoms with E-state index in [-0.39, 0.29) is 5.60 Å². The third-order valence-corrected chi connectivity index (χ3v) is 3.04. The Labute approximate surface area is 75.3 Å². The monoisotopic (exact) mass is 172 g/mol. The highest BCUT2D eigenvalue weighted by Gasteiger charge is 2.35. The highest BCUT2D eigenvalue weighted by Crippen LogP contribution is 2.31. The Hall–Kier alpha value is -0.530. The molecule has 12 heavy (non-hydrogen) atoms. The maximum absolute atomic E-state index is 10.3. The number of carbonyl (C=O) groups excluding carboxylic acids is 1. The van der Waals surface area contributed by atoms with Crippen LogP contribution < -0.4 is 0 Å².